The van der Waals surface area contributed by atoms with Gasteiger partial charge in [-0.25, -0.2) is 0 Å². The fourth-order valence-corrected chi connectivity index (χ4v) is 3.42. The SMILES string of the molecule is CCOc1ccc(SCC(=O)N(CC)CC(=O)Nc2ccccc2C(F)(F)F)cc1. The van der Waals surface area contributed by atoms with E-state index in [1.807, 2.05) is 19.1 Å². The Bertz CT molecular complexity index is 857. The van der Waals surface area contributed by atoms with Gasteiger partial charge in [-0.1, -0.05) is 12.1 Å². The third-order valence-corrected chi connectivity index (χ3v) is 5.07. The average Bonchev–Trinajstić information content (AvgIpc) is 2.71. The number of carbonyl (C=O) groups is 2. The molecule has 0 saturated carbocycles. The summed E-state index contributed by atoms with van der Waals surface area (Å²) in [5.74, 6) is -0.128. The number of rotatable bonds is 9. The Morgan fingerprint density at radius 2 is 1.73 bits per heavy atom. The van der Waals surface area contributed by atoms with Gasteiger partial charge in [0.15, 0.2) is 0 Å². The Morgan fingerprint density at radius 3 is 2.33 bits per heavy atom. The zero-order valence-corrected chi connectivity index (χ0v) is 17.5. The third-order valence-electron chi connectivity index (χ3n) is 4.07. The molecule has 0 aromatic heterocycles. The second-order valence-electron chi connectivity index (χ2n) is 6.19. The number of ether oxygens (including phenoxy) is 1. The molecule has 2 aromatic rings. The lowest BCUT2D eigenvalue weighted by atomic mass is 10.1. The number of nitrogens with one attached hydrogen (secondary N) is 1. The van der Waals surface area contributed by atoms with E-state index in [1.54, 1.807) is 19.1 Å². The fourth-order valence-electron chi connectivity index (χ4n) is 2.61. The number of para-hydroxylation sites is 1. The van der Waals surface area contributed by atoms with Crippen LogP contribution in [-0.4, -0.2) is 42.2 Å². The van der Waals surface area contributed by atoms with Gasteiger partial charge in [-0.3, -0.25) is 9.59 Å². The molecular formula is C21H23F3N2O3S. The Balaban J connectivity index is 1.93. The molecule has 0 heterocycles. The van der Waals surface area contributed by atoms with Crippen molar-refractivity contribution in [2.24, 2.45) is 0 Å². The van der Waals surface area contributed by atoms with Crippen molar-refractivity contribution in [1.82, 2.24) is 4.90 Å². The molecule has 0 radical (unpaired) electrons. The van der Waals surface area contributed by atoms with Gasteiger partial charge in [-0.2, -0.15) is 13.2 Å². The quantitative estimate of drug-likeness (QED) is 0.575. The maximum absolute atomic E-state index is 13.1. The number of alkyl halides is 3. The Kier molecular flexibility index (Phi) is 8.58. The maximum atomic E-state index is 13.1. The summed E-state index contributed by atoms with van der Waals surface area (Å²) < 4.78 is 44.5. The number of nitrogens with zero attached hydrogens (tertiary/aromatic N) is 1. The van der Waals surface area contributed by atoms with Crippen LogP contribution in [0.15, 0.2) is 53.4 Å². The summed E-state index contributed by atoms with van der Waals surface area (Å²) in [5.41, 5.74) is -1.26. The predicted molar refractivity (Wildman–Crippen MR) is 111 cm³/mol. The van der Waals surface area contributed by atoms with E-state index in [0.29, 0.717) is 6.61 Å². The van der Waals surface area contributed by atoms with Crippen molar-refractivity contribution in [2.75, 3.05) is 30.8 Å². The van der Waals surface area contributed by atoms with Crippen LogP contribution in [0.5, 0.6) is 5.75 Å². The standard InChI is InChI=1S/C21H23F3N2O3S/c1-3-26(20(28)14-30-16-11-9-15(10-12-16)29-4-2)13-19(27)25-18-8-6-5-7-17(18)21(22,23)24/h5-12H,3-4,13-14H2,1-2H3,(H,25,27). The molecule has 0 aliphatic heterocycles. The first-order valence-electron chi connectivity index (χ1n) is 9.34. The van der Waals surface area contributed by atoms with E-state index < -0.39 is 17.6 Å². The van der Waals surface area contributed by atoms with Crippen molar-refractivity contribution in [3.63, 3.8) is 0 Å². The highest BCUT2D eigenvalue weighted by molar-refractivity contribution is 8.00. The van der Waals surface area contributed by atoms with Gasteiger partial charge in [0.05, 0.1) is 30.2 Å². The van der Waals surface area contributed by atoms with Crippen LogP contribution in [0.2, 0.25) is 0 Å². The molecule has 0 unspecified atom stereocenters. The summed E-state index contributed by atoms with van der Waals surface area (Å²) in [5, 5.41) is 2.26. The van der Waals surface area contributed by atoms with E-state index >= 15 is 0 Å². The molecule has 0 bridgehead atoms. The molecule has 0 spiro atoms. The first-order valence-corrected chi connectivity index (χ1v) is 10.3. The van der Waals surface area contributed by atoms with Crippen LogP contribution in [0, 0.1) is 0 Å². The van der Waals surface area contributed by atoms with Crippen LogP contribution in [0.25, 0.3) is 0 Å². The monoisotopic (exact) mass is 440 g/mol. The molecule has 0 saturated heterocycles. The highest BCUT2D eigenvalue weighted by Crippen LogP contribution is 2.34. The van der Waals surface area contributed by atoms with Gasteiger partial charge in [0, 0.05) is 11.4 Å². The molecule has 1 N–H and O–H groups in total. The van der Waals surface area contributed by atoms with Crippen molar-refractivity contribution >= 4 is 29.3 Å². The molecule has 0 aliphatic rings. The number of likely N-dealkylation sites (N-methyl/N-ethyl adjacent to an activating group) is 1. The Morgan fingerprint density at radius 1 is 1.07 bits per heavy atom. The molecule has 2 rings (SSSR count). The van der Waals surface area contributed by atoms with E-state index in [1.165, 1.54) is 34.9 Å². The molecule has 9 heteroatoms. The molecule has 0 atom stereocenters. The van der Waals surface area contributed by atoms with E-state index in [4.69, 9.17) is 4.74 Å². The van der Waals surface area contributed by atoms with E-state index in [2.05, 4.69) is 5.32 Å². The number of carbonyl (C=O) groups excluding carboxylic acids is 2. The summed E-state index contributed by atoms with van der Waals surface area (Å²) in [7, 11) is 0. The minimum atomic E-state index is -4.58. The molecule has 0 aliphatic carbocycles. The van der Waals surface area contributed by atoms with Crippen LogP contribution in [-0.2, 0) is 15.8 Å². The van der Waals surface area contributed by atoms with Gasteiger partial charge in [-0.15, -0.1) is 11.8 Å². The minimum Gasteiger partial charge on any atom is -0.494 e. The summed E-state index contributed by atoms with van der Waals surface area (Å²) in [6.07, 6.45) is -4.58. The smallest absolute Gasteiger partial charge is 0.418 e. The van der Waals surface area contributed by atoms with E-state index in [0.717, 1.165) is 16.7 Å². The minimum absolute atomic E-state index is 0.105. The summed E-state index contributed by atoms with van der Waals surface area (Å²) in [6, 6.07) is 12.0. The fraction of sp³-hybridized carbons (Fsp3) is 0.333. The molecule has 30 heavy (non-hydrogen) atoms. The van der Waals surface area contributed by atoms with Gasteiger partial charge >= 0.3 is 6.18 Å². The molecule has 162 valence electrons. The van der Waals surface area contributed by atoms with Crippen LogP contribution in [0.1, 0.15) is 19.4 Å². The number of hydrogen-bond donors (Lipinski definition) is 1. The van der Waals surface area contributed by atoms with E-state index in [-0.39, 0.29) is 30.4 Å². The number of anilines is 1. The first-order chi connectivity index (χ1) is 14.2. The van der Waals surface area contributed by atoms with Gasteiger partial charge in [0.25, 0.3) is 0 Å². The normalized spacial score (nSPS) is 11.1. The lowest BCUT2D eigenvalue weighted by Crippen LogP contribution is -2.39. The molecular weight excluding hydrogens is 417 g/mol. The predicted octanol–water partition coefficient (Wildman–Crippen LogP) is 4.68. The van der Waals surface area contributed by atoms with Crippen molar-refractivity contribution in [1.29, 1.82) is 0 Å². The second-order valence-corrected chi connectivity index (χ2v) is 7.24. The van der Waals surface area contributed by atoms with Crippen molar-refractivity contribution < 1.29 is 27.5 Å². The van der Waals surface area contributed by atoms with Crippen LogP contribution < -0.4 is 10.1 Å². The zero-order chi connectivity index (χ0) is 22.1. The zero-order valence-electron chi connectivity index (χ0n) is 16.7. The highest BCUT2D eigenvalue weighted by Gasteiger charge is 2.33. The lowest BCUT2D eigenvalue weighted by molar-refractivity contribution is -0.137. The van der Waals surface area contributed by atoms with E-state index in [9.17, 15) is 22.8 Å². The largest absolute Gasteiger partial charge is 0.494 e. The number of hydrogen-bond acceptors (Lipinski definition) is 4. The first kappa shape index (κ1) is 23.6. The highest BCUT2D eigenvalue weighted by atomic mass is 32.2. The summed E-state index contributed by atoms with van der Waals surface area (Å²) in [6.45, 7) is 4.09. The van der Waals surface area contributed by atoms with Gasteiger partial charge < -0.3 is 15.0 Å². The molecule has 2 amide bonds. The second kappa shape index (κ2) is 10.9. The molecule has 0 fully saturated rings. The Hall–Kier alpha value is -2.68. The molecule has 2 aromatic carbocycles. The Labute approximate surface area is 177 Å². The topological polar surface area (TPSA) is 58.6 Å². The maximum Gasteiger partial charge on any atom is 0.418 e. The van der Waals surface area contributed by atoms with Gasteiger partial charge in [-0.05, 0) is 50.2 Å². The van der Waals surface area contributed by atoms with Crippen molar-refractivity contribution in [3.8, 4) is 5.75 Å². The average molecular weight is 440 g/mol. The van der Waals surface area contributed by atoms with Crippen LogP contribution in [0.4, 0.5) is 18.9 Å². The van der Waals surface area contributed by atoms with Crippen LogP contribution in [0.3, 0.4) is 0 Å². The number of amides is 2. The number of benzene rings is 2. The van der Waals surface area contributed by atoms with Crippen molar-refractivity contribution in [3.05, 3.63) is 54.1 Å². The van der Waals surface area contributed by atoms with Gasteiger partial charge in [0.1, 0.15) is 5.75 Å². The summed E-state index contributed by atoms with van der Waals surface area (Å²) in [4.78, 5) is 26.9. The lowest BCUT2D eigenvalue weighted by Gasteiger charge is -2.21. The third kappa shape index (κ3) is 6.98. The summed E-state index contributed by atoms with van der Waals surface area (Å²) >= 11 is 1.31. The number of halogens is 3. The van der Waals surface area contributed by atoms with Crippen molar-refractivity contribution in [2.45, 2.75) is 24.9 Å². The molecule has 5 nitrogen and oxygen atoms in total. The van der Waals surface area contributed by atoms with Crippen LogP contribution >= 0.6 is 11.8 Å². The number of thioether (sulfide) groups is 1. The van der Waals surface area contributed by atoms with Gasteiger partial charge in [0.2, 0.25) is 11.8 Å².